The molecule has 0 atom stereocenters. The Balaban J connectivity index is 1.33. The summed E-state index contributed by atoms with van der Waals surface area (Å²) in [5.41, 5.74) is 7.39. The van der Waals surface area contributed by atoms with Crippen LogP contribution in [0.4, 0.5) is 14.9 Å². The highest BCUT2D eigenvalue weighted by Crippen LogP contribution is 2.35. The smallest absolute Gasteiger partial charge is 0.409 e. The zero-order valence-electron chi connectivity index (χ0n) is 15.4. The number of aromatic nitrogens is 1. The van der Waals surface area contributed by atoms with Gasteiger partial charge in [-0.3, -0.25) is 4.98 Å². The Morgan fingerprint density at radius 2 is 2.11 bits per heavy atom. The fourth-order valence-electron chi connectivity index (χ4n) is 3.64. The van der Waals surface area contributed by atoms with Gasteiger partial charge >= 0.3 is 6.09 Å². The summed E-state index contributed by atoms with van der Waals surface area (Å²) < 4.78 is 19.4. The maximum atomic E-state index is 14.0. The molecule has 1 spiro atoms. The summed E-state index contributed by atoms with van der Waals surface area (Å²) in [5, 5.41) is 3.31. The summed E-state index contributed by atoms with van der Waals surface area (Å²) in [4.78, 5) is 22.6. The lowest BCUT2D eigenvalue weighted by Gasteiger charge is -2.42. The Hall–Kier alpha value is -3.16. The van der Waals surface area contributed by atoms with Gasteiger partial charge in [-0.25, -0.2) is 14.2 Å². The molecule has 0 bridgehead atoms. The number of rotatable bonds is 3. The summed E-state index contributed by atoms with van der Waals surface area (Å²) in [7, 11) is 0. The Morgan fingerprint density at radius 1 is 1.29 bits per heavy atom. The van der Waals surface area contributed by atoms with E-state index in [0.29, 0.717) is 50.2 Å². The molecule has 3 heterocycles. The van der Waals surface area contributed by atoms with Crippen molar-refractivity contribution in [3.05, 3.63) is 59.7 Å². The highest BCUT2D eigenvalue weighted by molar-refractivity contribution is 6.04. The number of piperidine rings is 1. The van der Waals surface area contributed by atoms with E-state index in [4.69, 9.17) is 10.5 Å². The number of hydrogen-bond acceptors (Lipinski definition) is 6. The van der Waals surface area contributed by atoms with Gasteiger partial charge < -0.3 is 20.7 Å². The number of amides is 1. The third-order valence-corrected chi connectivity index (χ3v) is 5.16. The van der Waals surface area contributed by atoms with Crippen molar-refractivity contribution in [1.29, 1.82) is 0 Å². The van der Waals surface area contributed by atoms with Crippen molar-refractivity contribution in [2.24, 2.45) is 10.7 Å². The normalized spacial score (nSPS) is 17.5. The van der Waals surface area contributed by atoms with Gasteiger partial charge in [0.2, 0.25) is 0 Å². The second kappa shape index (κ2) is 7.46. The van der Waals surface area contributed by atoms with Crippen LogP contribution >= 0.6 is 0 Å². The van der Waals surface area contributed by atoms with Crippen LogP contribution in [0.3, 0.4) is 0 Å². The average molecular weight is 383 g/mol. The number of amidine groups is 1. The largest absolute Gasteiger partial charge is 0.449 e. The molecule has 146 valence electrons. The van der Waals surface area contributed by atoms with Crippen LogP contribution in [-0.4, -0.2) is 47.2 Å². The van der Waals surface area contributed by atoms with E-state index >= 15 is 0 Å². The summed E-state index contributed by atoms with van der Waals surface area (Å²) in [6.45, 7) is 1.28. The van der Waals surface area contributed by atoms with Crippen molar-refractivity contribution in [3.63, 3.8) is 0 Å². The summed E-state index contributed by atoms with van der Waals surface area (Å²) in [5.74, 6) is -0.199. The monoisotopic (exact) mass is 383 g/mol. The van der Waals surface area contributed by atoms with Gasteiger partial charge in [-0.1, -0.05) is 12.1 Å². The van der Waals surface area contributed by atoms with Crippen molar-refractivity contribution in [2.45, 2.75) is 24.9 Å². The quantitative estimate of drug-likeness (QED) is 0.850. The molecule has 1 aromatic carbocycles. The van der Waals surface area contributed by atoms with Crippen LogP contribution in [0.1, 0.15) is 24.0 Å². The van der Waals surface area contributed by atoms with Gasteiger partial charge in [-0.15, -0.1) is 0 Å². The molecule has 3 N–H and O–H groups in total. The van der Waals surface area contributed by atoms with Crippen molar-refractivity contribution < 1.29 is 13.9 Å². The van der Waals surface area contributed by atoms with Gasteiger partial charge in [-0.05, 0) is 23.8 Å². The Kier molecular flexibility index (Phi) is 4.85. The lowest BCUT2D eigenvalue weighted by Crippen LogP contribution is -2.52. The molecule has 7 nitrogen and oxygen atoms in total. The number of anilines is 1. The Morgan fingerprint density at radius 3 is 2.86 bits per heavy atom. The molecule has 2 aromatic rings. The maximum absolute atomic E-state index is 14.0. The summed E-state index contributed by atoms with van der Waals surface area (Å²) in [6.07, 6.45) is 4.90. The van der Waals surface area contributed by atoms with Gasteiger partial charge in [0.05, 0.1) is 12.2 Å². The average Bonchev–Trinajstić information content (AvgIpc) is 2.69. The van der Waals surface area contributed by atoms with Crippen LogP contribution in [0.5, 0.6) is 0 Å². The standard InChI is InChI=1S/C20H22FN5O2/c21-15-4-1-5-16-17(15)18(22)25-20(24-16)7-10-26(11-8-20)19(27)28-12-6-14-3-2-9-23-13-14/h1-5,9,13,24H,6-8,10-12H2,(H2,22,25). The highest BCUT2D eigenvalue weighted by Gasteiger charge is 2.39. The van der Waals surface area contributed by atoms with E-state index in [1.54, 1.807) is 29.4 Å². The first-order valence-electron chi connectivity index (χ1n) is 9.29. The molecular weight excluding hydrogens is 361 g/mol. The molecule has 0 unspecified atom stereocenters. The third kappa shape index (κ3) is 3.62. The molecule has 0 aliphatic carbocycles. The second-order valence-corrected chi connectivity index (χ2v) is 7.03. The van der Waals surface area contributed by atoms with E-state index in [0.717, 1.165) is 5.56 Å². The predicted octanol–water partition coefficient (Wildman–Crippen LogP) is 2.52. The minimum atomic E-state index is -0.614. The minimum Gasteiger partial charge on any atom is -0.449 e. The first kappa shape index (κ1) is 18.2. The zero-order valence-corrected chi connectivity index (χ0v) is 15.4. The first-order chi connectivity index (χ1) is 13.6. The fourth-order valence-corrected chi connectivity index (χ4v) is 3.64. The molecule has 2 aliphatic rings. The van der Waals surface area contributed by atoms with E-state index in [1.807, 2.05) is 12.1 Å². The van der Waals surface area contributed by atoms with Gasteiger partial charge in [0.25, 0.3) is 0 Å². The van der Waals surface area contributed by atoms with Crippen LogP contribution in [0.15, 0.2) is 47.7 Å². The van der Waals surface area contributed by atoms with Crippen molar-refractivity contribution in [3.8, 4) is 0 Å². The van der Waals surface area contributed by atoms with Crippen LogP contribution in [0.25, 0.3) is 0 Å². The predicted molar refractivity (Wildman–Crippen MR) is 104 cm³/mol. The number of nitrogens with two attached hydrogens (primary N) is 1. The van der Waals surface area contributed by atoms with E-state index < -0.39 is 11.5 Å². The van der Waals surface area contributed by atoms with E-state index in [-0.39, 0.29) is 11.9 Å². The zero-order chi connectivity index (χ0) is 19.6. The molecule has 8 heteroatoms. The van der Waals surface area contributed by atoms with Gasteiger partial charge in [-0.2, -0.15) is 0 Å². The molecule has 2 aliphatic heterocycles. The molecule has 28 heavy (non-hydrogen) atoms. The van der Waals surface area contributed by atoms with E-state index in [1.165, 1.54) is 6.07 Å². The minimum absolute atomic E-state index is 0.194. The number of benzene rings is 1. The molecule has 0 radical (unpaired) electrons. The molecule has 1 aromatic heterocycles. The molecular formula is C20H22FN5O2. The Bertz CT molecular complexity index is 895. The van der Waals surface area contributed by atoms with Crippen molar-refractivity contribution in [2.75, 3.05) is 25.0 Å². The van der Waals surface area contributed by atoms with Crippen LogP contribution in [-0.2, 0) is 11.2 Å². The van der Waals surface area contributed by atoms with Crippen LogP contribution in [0, 0.1) is 5.82 Å². The van der Waals surface area contributed by atoms with Crippen LogP contribution in [0.2, 0.25) is 0 Å². The number of hydrogen-bond donors (Lipinski definition) is 2. The van der Waals surface area contributed by atoms with Gasteiger partial charge in [0.1, 0.15) is 17.3 Å². The fraction of sp³-hybridized carbons (Fsp3) is 0.350. The SMILES string of the molecule is NC1=NC2(CCN(C(=O)OCCc3cccnc3)CC2)Nc2cccc(F)c21. The second-order valence-electron chi connectivity index (χ2n) is 7.03. The number of aliphatic imine (C=N–C) groups is 1. The number of fused-ring (bicyclic) bond motifs is 1. The number of carbonyl (C=O) groups excluding carboxylic acids is 1. The number of nitrogens with zero attached hydrogens (tertiary/aromatic N) is 3. The van der Waals surface area contributed by atoms with E-state index in [9.17, 15) is 9.18 Å². The number of likely N-dealkylation sites (tertiary alicyclic amines) is 1. The number of ether oxygens (including phenoxy) is 1. The lowest BCUT2D eigenvalue weighted by atomic mass is 9.94. The topological polar surface area (TPSA) is 92.8 Å². The van der Waals surface area contributed by atoms with Crippen LogP contribution < -0.4 is 11.1 Å². The Labute approximate surface area is 162 Å². The molecule has 1 saturated heterocycles. The summed E-state index contributed by atoms with van der Waals surface area (Å²) in [6, 6.07) is 8.60. The lowest BCUT2D eigenvalue weighted by molar-refractivity contribution is 0.0874. The molecule has 0 saturated carbocycles. The number of halogens is 1. The van der Waals surface area contributed by atoms with E-state index in [2.05, 4.69) is 15.3 Å². The summed E-state index contributed by atoms with van der Waals surface area (Å²) >= 11 is 0. The molecule has 4 rings (SSSR count). The number of carbonyl (C=O) groups is 1. The van der Waals surface area contributed by atoms with Crippen molar-refractivity contribution in [1.82, 2.24) is 9.88 Å². The first-order valence-corrected chi connectivity index (χ1v) is 9.29. The van der Waals surface area contributed by atoms with Gasteiger partial charge in [0.15, 0.2) is 0 Å². The highest BCUT2D eigenvalue weighted by atomic mass is 19.1. The maximum Gasteiger partial charge on any atom is 0.409 e. The number of nitrogens with one attached hydrogen (secondary N) is 1. The molecule has 1 amide bonds. The molecule has 1 fully saturated rings. The third-order valence-electron chi connectivity index (χ3n) is 5.16. The van der Waals surface area contributed by atoms with Gasteiger partial charge in [0, 0.05) is 50.4 Å². The van der Waals surface area contributed by atoms with Crippen molar-refractivity contribution >= 4 is 17.6 Å². The number of pyridine rings is 1.